The monoisotopic (exact) mass is 443 g/mol. The van der Waals surface area contributed by atoms with E-state index in [2.05, 4.69) is 56.7 Å². The highest BCUT2D eigenvalue weighted by molar-refractivity contribution is 14.0. The lowest BCUT2D eigenvalue weighted by atomic mass is 10.1. The van der Waals surface area contributed by atoms with Gasteiger partial charge >= 0.3 is 0 Å². The van der Waals surface area contributed by atoms with E-state index in [0.717, 1.165) is 38.6 Å². The minimum absolute atomic E-state index is 0. The first-order valence-electron chi connectivity index (χ1n) is 8.80. The summed E-state index contributed by atoms with van der Waals surface area (Å²) in [4.78, 5) is 9.43. The van der Waals surface area contributed by atoms with Crippen molar-refractivity contribution >= 4 is 29.9 Å². The van der Waals surface area contributed by atoms with Crippen LogP contribution >= 0.6 is 24.0 Å². The van der Waals surface area contributed by atoms with E-state index in [1.165, 1.54) is 43.7 Å². The van der Waals surface area contributed by atoms with Crippen LogP contribution in [0.25, 0.3) is 0 Å². The molecule has 1 aromatic carbocycles. The highest BCUT2D eigenvalue weighted by atomic mass is 127. The van der Waals surface area contributed by atoms with Gasteiger partial charge in [0, 0.05) is 39.3 Å². The number of nitrogens with zero attached hydrogens (tertiary/aromatic N) is 3. The first kappa shape index (κ1) is 19.5. The fraction of sp³-hybridized carbons (Fsp3) is 0.611. The lowest BCUT2D eigenvalue weighted by Gasteiger charge is -2.20. The Hall–Kier alpha value is -0.860. The third-order valence-electron chi connectivity index (χ3n) is 4.60. The molecule has 2 aliphatic rings. The van der Waals surface area contributed by atoms with E-state index >= 15 is 0 Å². The van der Waals surface area contributed by atoms with Crippen LogP contribution in [0.15, 0.2) is 29.3 Å². The van der Waals surface area contributed by atoms with E-state index in [9.17, 15) is 0 Å². The molecule has 0 radical (unpaired) electrons. The first-order chi connectivity index (χ1) is 11.3. The van der Waals surface area contributed by atoms with Gasteiger partial charge in [-0.25, -0.2) is 0 Å². The molecule has 0 amide bonds. The number of guanidine groups is 1. The second-order valence-corrected chi connectivity index (χ2v) is 6.61. The Labute approximate surface area is 162 Å². The quantitative estimate of drug-likeness (QED) is 0.698. The fourth-order valence-corrected chi connectivity index (χ4v) is 3.12. The normalized spacial score (nSPS) is 19.6. The van der Waals surface area contributed by atoms with Gasteiger partial charge < -0.3 is 15.5 Å². The molecule has 1 aromatic rings. The van der Waals surface area contributed by atoms with Crippen LogP contribution in [0, 0.1) is 0 Å². The number of hydrogen-bond acceptors (Lipinski definition) is 5. The standard InChI is InChI=1S/C18H29N5.HI/c1-22-10-3-11-23(13-12-22)15-17-6-4-16(5-7-17)14-21-18-19-8-2-9-20-18;/h4-7H,2-3,8-15H2,1H3,(H2,19,20,21);1H. The number of nitrogens with one attached hydrogen (secondary N) is 2. The smallest absolute Gasteiger partial charge is 0.191 e. The summed E-state index contributed by atoms with van der Waals surface area (Å²) in [6, 6.07) is 8.99. The maximum atomic E-state index is 4.44. The Morgan fingerprint density at radius 3 is 2.58 bits per heavy atom. The minimum Gasteiger partial charge on any atom is -0.356 e. The van der Waals surface area contributed by atoms with E-state index in [0.29, 0.717) is 0 Å². The molecule has 3 rings (SSSR count). The predicted octanol–water partition coefficient (Wildman–Crippen LogP) is 1.88. The zero-order valence-electron chi connectivity index (χ0n) is 14.6. The van der Waals surface area contributed by atoms with Gasteiger partial charge in [0.25, 0.3) is 0 Å². The molecular formula is C18H30IN5. The summed E-state index contributed by atoms with van der Waals surface area (Å²) in [5.41, 5.74) is 2.71. The second-order valence-electron chi connectivity index (χ2n) is 6.61. The summed E-state index contributed by atoms with van der Waals surface area (Å²) in [5, 5.41) is 6.67. The molecule has 2 aliphatic heterocycles. The fourth-order valence-electron chi connectivity index (χ4n) is 3.12. The molecule has 6 heteroatoms. The molecule has 24 heavy (non-hydrogen) atoms. The van der Waals surface area contributed by atoms with E-state index in [1.807, 2.05) is 0 Å². The van der Waals surface area contributed by atoms with E-state index < -0.39 is 0 Å². The maximum absolute atomic E-state index is 4.44. The molecule has 134 valence electrons. The van der Waals surface area contributed by atoms with E-state index in [-0.39, 0.29) is 24.0 Å². The highest BCUT2D eigenvalue weighted by Gasteiger charge is 2.12. The van der Waals surface area contributed by atoms with Gasteiger partial charge in [-0.3, -0.25) is 9.89 Å². The average molecular weight is 443 g/mol. The molecule has 0 atom stereocenters. The van der Waals surface area contributed by atoms with Crippen LogP contribution in [-0.2, 0) is 13.1 Å². The van der Waals surface area contributed by atoms with Crippen LogP contribution in [0.3, 0.4) is 0 Å². The van der Waals surface area contributed by atoms with Crippen molar-refractivity contribution in [2.75, 3.05) is 46.3 Å². The van der Waals surface area contributed by atoms with Crippen LogP contribution < -0.4 is 10.6 Å². The van der Waals surface area contributed by atoms with E-state index in [1.54, 1.807) is 0 Å². The molecule has 0 spiro atoms. The van der Waals surface area contributed by atoms with Crippen molar-refractivity contribution in [1.29, 1.82) is 0 Å². The van der Waals surface area contributed by atoms with Gasteiger partial charge in [-0.2, -0.15) is 0 Å². The molecule has 1 fully saturated rings. The molecule has 0 unspecified atom stereocenters. The summed E-state index contributed by atoms with van der Waals surface area (Å²) < 4.78 is 0. The Bertz CT molecular complexity index is 517. The molecule has 2 N–H and O–H groups in total. The predicted molar refractivity (Wildman–Crippen MR) is 111 cm³/mol. The zero-order valence-corrected chi connectivity index (χ0v) is 17.0. The Balaban J connectivity index is 0.00000208. The Morgan fingerprint density at radius 2 is 1.83 bits per heavy atom. The van der Waals surface area contributed by atoms with Crippen LogP contribution in [0.1, 0.15) is 24.0 Å². The molecular weight excluding hydrogens is 413 g/mol. The highest BCUT2D eigenvalue weighted by Crippen LogP contribution is 2.10. The Morgan fingerprint density at radius 1 is 1.04 bits per heavy atom. The molecule has 2 heterocycles. The van der Waals surface area contributed by atoms with Gasteiger partial charge in [0.1, 0.15) is 0 Å². The van der Waals surface area contributed by atoms with Crippen LogP contribution in [0.5, 0.6) is 0 Å². The zero-order chi connectivity index (χ0) is 15.9. The maximum Gasteiger partial charge on any atom is 0.191 e. The van der Waals surface area contributed by atoms with Gasteiger partial charge in [0.05, 0.1) is 0 Å². The first-order valence-corrected chi connectivity index (χ1v) is 8.80. The Kier molecular flexibility index (Phi) is 8.28. The number of halogens is 1. The van der Waals surface area contributed by atoms with E-state index in [4.69, 9.17) is 0 Å². The van der Waals surface area contributed by atoms with Crippen molar-refractivity contribution < 1.29 is 0 Å². The summed E-state index contributed by atoms with van der Waals surface area (Å²) >= 11 is 0. The van der Waals surface area contributed by atoms with Crippen molar-refractivity contribution in [2.45, 2.75) is 25.9 Å². The summed E-state index contributed by atoms with van der Waals surface area (Å²) in [6.07, 6.45) is 2.40. The molecule has 1 saturated heterocycles. The lowest BCUT2D eigenvalue weighted by molar-refractivity contribution is 0.269. The van der Waals surface area contributed by atoms with Crippen molar-refractivity contribution in [3.63, 3.8) is 0 Å². The molecule has 0 bridgehead atoms. The number of likely N-dealkylation sites (N-methyl/N-ethyl adjacent to an activating group) is 1. The van der Waals surface area contributed by atoms with Crippen molar-refractivity contribution in [3.05, 3.63) is 35.4 Å². The lowest BCUT2D eigenvalue weighted by Crippen LogP contribution is -2.40. The van der Waals surface area contributed by atoms with Gasteiger partial charge in [-0.15, -0.1) is 24.0 Å². The number of hydrogen-bond donors (Lipinski definition) is 2. The van der Waals surface area contributed by atoms with Gasteiger partial charge in [0.2, 0.25) is 0 Å². The van der Waals surface area contributed by atoms with Crippen molar-refractivity contribution in [2.24, 2.45) is 4.99 Å². The topological polar surface area (TPSA) is 42.9 Å². The van der Waals surface area contributed by atoms with Gasteiger partial charge in [-0.05, 0) is 44.1 Å². The van der Waals surface area contributed by atoms with Gasteiger partial charge in [0.15, 0.2) is 5.96 Å². The average Bonchev–Trinajstić information content (AvgIpc) is 2.80. The van der Waals surface area contributed by atoms with Crippen molar-refractivity contribution in [1.82, 2.24) is 20.4 Å². The largest absolute Gasteiger partial charge is 0.356 e. The third-order valence-corrected chi connectivity index (χ3v) is 4.60. The number of benzene rings is 1. The van der Waals surface area contributed by atoms with Crippen LogP contribution in [0.4, 0.5) is 0 Å². The van der Waals surface area contributed by atoms with Crippen LogP contribution in [-0.4, -0.2) is 62.1 Å². The summed E-state index contributed by atoms with van der Waals surface area (Å²) in [6.45, 7) is 8.63. The SMILES string of the molecule is CN1CCCN(Cc2ccc(CNC3=NCCCN3)cc2)CC1.I. The van der Waals surface area contributed by atoms with Crippen molar-refractivity contribution in [3.8, 4) is 0 Å². The molecule has 5 nitrogen and oxygen atoms in total. The second kappa shape index (κ2) is 10.2. The van der Waals surface area contributed by atoms with Gasteiger partial charge in [-0.1, -0.05) is 24.3 Å². The molecule has 0 saturated carbocycles. The summed E-state index contributed by atoms with van der Waals surface area (Å²) in [7, 11) is 2.22. The molecule has 0 aliphatic carbocycles. The third kappa shape index (κ3) is 6.22. The number of rotatable bonds is 4. The number of aliphatic imine (C=N–C) groups is 1. The minimum atomic E-state index is 0. The van der Waals surface area contributed by atoms with Crippen LogP contribution in [0.2, 0.25) is 0 Å². The summed E-state index contributed by atoms with van der Waals surface area (Å²) in [5.74, 6) is 0.939. The molecule has 0 aromatic heterocycles.